The number of nitrogens with zero attached hydrogens (tertiary/aromatic N) is 2. The average Bonchev–Trinajstić information content (AvgIpc) is 2.81. The zero-order valence-electron chi connectivity index (χ0n) is 9.69. The van der Waals surface area contributed by atoms with Gasteiger partial charge in [0.2, 0.25) is 11.8 Å². The molecule has 0 amide bonds. The maximum absolute atomic E-state index is 5.11. The van der Waals surface area contributed by atoms with Gasteiger partial charge in [0.05, 0.1) is 20.3 Å². The van der Waals surface area contributed by atoms with Crippen LogP contribution >= 0.6 is 0 Å². The number of hydrogen-bond acceptors (Lipinski definition) is 5. The van der Waals surface area contributed by atoms with Crippen molar-refractivity contribution in [3.05, 3.63) is 11.9 Å². The van der Waals surface area contributed by atoms with Gasteiger partial charge in [-0.25, -0.2) is 0 Å². The predicted octanol–water partition coefficient (Wildman–Crippen LogP) is 0.788. The van der Waals surface area contributed by atoms with Crippen LogP contribution in [0.15, 0.2) is 6.07 Å². The third-order valence-corrected chi connectivity index (χ3v) is 2.74. The van der Waals surface area contributed by atoms with Crippen molar-refractivity contribution in [1.29, 1.82) is 0 Å². The van der Waals surface area contributed by atoms with Crippen LogP contribution in [0.25, 0.3) is 0 Å². The SMILES string of the molecule is COc1cc(OC)nc(CC2CCCN2)n1. The minimum atomic E-state index is 0.483. The van der Waals surface area contributed by atoms with Gasteiger partial charge in [0.1, 0.15) is 5.82 Å². The van der Waals surface area contributed by atoms with Crippen molar-refractivity contribution in [1.82, 2.24) is 15.3 Å². The Labute approximate surface area is 95.2 Å². The third kappa shape index (κ3) is 2.61. The minimum Gasteiger partial charge on any atom is -0.481 e. The summed E-state index contributed by atoms with van der Waals surface area (Å²) in [6.07, 6.45) is 3.24. The second-order valence-corrected chi connectivity index (χ2v) is 3.87. The minimum absolute atomic E-state index is 0.483. The van der Waals surface area contributed by atoms with Crippen molar-refractivity contribution in [2.75, 3.05) is 20.8 Å². The molecule has 2 heterocycles. The van der Waals surface area contributed by atoms with E-state index in [9.17, 15) is 0 Å². The highest BCUT2D eigenvalue weighted by Crippen LogP contribution is 2.17. The second-order valence-electron chi connectivity index (χ2n) is 3.87. The van der Waals surface area contributed by atoms with Gasteiger partial charge in [0.25, 0.3) is 0 Å². The Morgan fingerprint density at radius 2 is 2.00 bits per heavy atom. The summed E-state index contributed by atoms with van der Waals surface area (Å²) in [7, 11) is 3.19. The lowest BCUT2D eigenvalue weighted by atomic mass is 10.1. The molecule has 0 spiro atoms. The summed E-state index contributed by atoms with van der Waals surface area (Å²) in [5, 5.41) is 3.42. The summed E-state index contributed by atoms with van der Waals surface area (Å²) in [6.45, 7) is 1.09. The highest BCUT2D eigenvalue weighted by atomic mass is 16.5. The molecule has 1 atom stereocenters. The van der Waals surface area contributed by atoms with Gasteiger partial charge >= 0.3 is 0 Å². The first kappa shape index (κ1) is 11.1. The molecular formula is C11H17N3O2. The number of rotatable bonds is 4. The maximum atomic E-state index is 5.11. The first-order chi connectivity index (χ1) is 7.81. The van der Waals surface area contributed by atoms with Crippen molar-refractivity contribution in [2.24, 2.45) is 0 Å². The summed E-state index contributed by atoms with van der Waals surface area (Å²) >= 11 is 0. The Balaban J connectivity index is 2.12. The van der Waals surface area contributed by atoms with Crippen molar-refractivity contribution in [3.8, 4) is 11.8 Å². The van der Waals surface area contributed by atoms with E-state index in [2.05, 4.69) is 15.3 Å². The lowest BCUT2D eigenvalue weighted by Gasteiger charge is -2.10. The number of nitrogens with one attached hydrogen (secondary N) is 1. The summed E-state index contributed by atoms with van der Waals surface area (Å²) in [6, 6.07) is 2.17. The first-order valence-corrected chi connectivity index (χ1v) is 5.51. The zero-order chi connectivity index (χ0) is 11.4. The molecule has 0 aromatic carbocycles. The number of ether oxygens (including phenoxy) is 2. The molecule has 1 aliphatic rings. The molecule has 1 aliphatic heterocycles. The molecule has 1 fully saturated rings. The fourth-order valence-electron chi connectivity index (χ4n) is 1.90. The van der Waals surface area contributed by atoms with Gasteiger partial charge in [-0.05, 0) is 19.4 Å². The van der Waals surface area contributed by atoms with E-state index in [1.807, 2.05) is 0 Å². The number of aromatic nitrogens is 2. The molecule has 0 saturated carbocycles. The van der Waals surface area contributed by atoms with Crippen LogP contribution in [0.2, 0.25) is 0 Å². The highest BCUT2D eigenvalue weighted by molar-refractivity contribution is 5.21. The van der Waals surface area contributed by atoms with Gasteiger partial charge in [0, 0.05) is 12.5 Å². The van der Waals surface area contributed by atoms with Crippen LogP contribution < -0.4 is 14.8 Å². The van der Waals surface area contributed by atoms with Crippen molar-refractivity contribution in [3.63, 3.8) is 0 Å². The fraction of sp³-hybridized carbons (Fsp3) is 0.636. The van der Waals surface area contributed by atoms with Crippen LogP contribution in [-0.2, 0) is 6.42 Å². The van der Waals surface area contributed by atoms with E-state index in [1.165, 1.54) is 12.8 Å². The van der Waals surface area contributed by atoms with E-state index in [0.717, 1.165) is 18.8 Å². The smallest absolute Gasteiger partial charge is 0.220 e. The molecule has 5 nitrogen and oxygen atoms in total. The monoisotopic (exact) mass is 223 g/mol. The van der Waals surface area contributed by atoms with E-state index in [4.69, 9.17) is 9.47 Å². The fourth-order valence-corrected chi connectivity index (χ4v) is 1.90. The van der Waals surface area contributed by atoms with Crippen LogP contribution in [-0.4, -0.2) is 36.8 Å². The Bertz CT molecular complexity index is 329. The molecule has 1 aromatic heterocycles. The normalized spacial score (nSPS) is 19.8. The molecule has 0 bridgehead atoms. The zero-order valence-corrected chi connectivity index (χ0v) is 9.69. The van der Waals surface area contributed by atoms with Gasteiger partial charge in [-0.15, -0.1) is 0 Å². The van der Waals surface area contributed by atoms with Crippen LogP contribution in [0.1, 0.15) is 18.7 Å². The molecular weight excluding hydrogens is 206 g/mol. The summed E-state index contributed by atoms with van der Waals surface area (Å²) in [4.78, 5) is 8.62. The van der Waals surface area contributed by atoms with E-state index >= 15 is 0 Å². The van der Waals surface area contributed by atoms with Crippen molar-refractivity contribution < 1.29 is 9.47 Å². The van der Waals surface area contributed by atoms with Crippen molar-refractivity contribution >= 4 is 0 Å². The van der Waals surface area contributed by atoms with Gasteiger partial charge in [0.15, 0.2) is 0 Å². The highest BCUT2D eigenvalue weighted by Gasteiger charge is 2.17. The molecule has 1 saturated heterocycles. The van der Waals surface area contributed by atoms with Crippen LogP contribution in [0.3, 0.4) is 0 Å². The summed E-state index contributed by atoms with van der Waals surface area (Å²) in [5.41, 5.74) is 0. The van der Waals surface area contributed by atoms with Crippen molar-refractivity contribution in [2.45, 2.75) is 25.3 Å². The lowest BCUT2D eigenvalue weighted by molar-refractivity contribution is 0.366. The molecule has 1 unspecified atom stereocenters. The Morgan fingerprint density at radius 1 is 1.31 bits per heavy atom. The Kier molecular flexibility index (Phi) is 3.56. The van der Waals surface area contributed by atoms with Gasteiger partial charge in [-0.2, -0.15) is 9.97 Å². The van der Waals surface area contributed by atoms with Gasteiger partial charge in [-0.1, -0.05) is 0 Å². The van der Waals surface area contributed by atoms with Crippen LogP contribution in [0, 0.1) is 0 Å². The molecule has 88 valence electrons. The first-order valence-electron chi connectivity index (χ1n) is 5.51. The second kappa shape index (κ2) is 5.12. The van der Waals surface area contributed by atoms with Gasteiger partial charge in [-0.3, -0.25) is 0 Å². The number of methoxy groups -OCH3 is 2. The Morgan fingerprint density at radius 3 is 2.50 bits per heavy atom. The molecule has 1 aromatic rings. The molecule has 0 aliphatic carbocycles. The van der Waals surface area contributed by atoms with E-state index in [-0.39, 0.29) is 0 Å². The van der Waals surface area contributed by atoms with Gasteiger partial charge < -0.3 is 14.8 Å². The lowest BCUT2D eigenvalue weighted by Crippen LogP contribution is -2.24. The molecule has 1 N–H and O–H groups in total. The molecule has 16 heavy (non-hydrogen) atoms. The van der Waals surface area contributed by atoms with Crippen LogP contribution in [0.5, 0.6) is 11.8 Å². The Hall–Kier alpha value is -1.36. The largest absolute Gasteiger partial charge is 0.481 e. The quantitative estimate of drug-likeness (QED) is 0.817. The third-order valence-electron chi connectivity index (χ3n) is 2.74. The van der Waals surface area contributed by atoms with Crippen LogP contribution in [0.4, 0.5) is 0 Å². The standard InChI is InChI=1S/C11H17N3O2/c1-15-10-7-11(16-2)14-9(13-10)6-8-4-3-5-12-8/h7-8,12H,3-6H2,1-2H3. The molecule has 0 radical (unpaired) electrons. The number of hydrogen-bond donors (Lipinski definition) is 1. The average molecular weight is 223 g/mol. The summed E-state index contributed by atoms with van der Waals surface area (Å²) in [5.74, 6) is 1.88. The van der Waals surface area contributed by atoms with E-state index < -0.39 is 0 Å². The summed E-state index contributed by atoms with van der Waals surface area (Å²) < 4.78 is 10.2. The maximum Gasteiger partial charge on any atom is 0.220 e. The van der Waals surface area contributed by atoms with E-state index in [0.29, 0.717) is 17.8 Å². The molecule has 5 heteroatoms. The molecule has 2 rings (SSSR count). The predicted molar refractivity (Wildman–Crippen MR) is 59.9 cm³/mol. The van der Waals surface area contributed by atoms with E-state index in [1.54, 1.807) is 20.3 Å². The topological polar surface area (TPSA) is 56.3 Å².